The van der Waals surface area contributed by atoms with Crippen molar-refractivity contribution in [3.8, 4) is 5.75 Å². The highest BCUT2D eigenvalue weighted by molar-refractivity contribution is 5.48. The van der Waals surface area contributed by atoms with Gasteiger partial charge in [0.15, 0.2) is 11.6 Å². The Morgan fingerprint density at radius 1 is 1.16 bits per heavy atom. The van der Waals surface area contributed by atoms with E-state index in [0.717, 1.165) is 11.3 Å². The van der Waals surface area contributed by atoms with E-state index >= 15 is 0 Å². The van der Waals surface area contributed by atoms with Crippen molar-refractivity contribution in [3.05, 3.63) is 59.4 Å². The Morgan fingerprint density at radius 3 is 2.63 bits per heavy atom. The Kier molecular flexibility index (Phi) is 4.05. The molecule has 2 aromatic carbocycles. The van der Waals surface area contributed by atoms with Gasteiger partial charge in [-0.1, -0.05) is 18.2 Å². The summed E-state index contributed by atoms with van der Waals surface area (Å²) in [5.74, 6) is -0.0654. The third-order valence-electron chi connectivity index (χ3n) is 3.08. The summed E-state index contributed by atoms with van der Waals surface area (Å²) in [5.41, 5.74) is 3.24. The zero-order chi connectivity index (χ0) is 13.8. The van der Waals surface area contributed by atoms with E-state index in [0.29, 0.717) is 0 Å². The molecule has 0 radical (unpaired) electrons. The minimum Gasteiger partial charge on any atom is -0.494 e. The number of rotatable bonds is 4. The van der Waals surface area contributed by atoms with Crippen molar-refractivity contribution < 1.29 is 9.13 Å². The molecule has 0 aliphatic rings. The highest BCUT2D eigenvalue weighted by Gasteiger charge is 2.09. The van der Waals surface area contributed by atoms with Crippen molar-refractivity contribution in [1.29, 1.82) is 0 Å². The van der Waals surface area contributed by atoms with Crippen LogP contribution in [0.5, 0.6) is 5.75 Å². The molecule has 0 fully saturated rings. The number of methoxy groups -OCH3 is 1. The average Bonchev–Trinajstić information content (AvgIpc) is 2.39. The van der Waals surface area contributed by atoms with Gasteiger partial charge < -0.3 is 10.1 Å². The average molecular weight is 259 g/mol. The Morgan fingerprint density at radius 2 is 1.95 bits per heavy atom. The molecule has 0 aliphatic heterocycles. The molecule has 3 heteroatoms. The third kappa shape index (κ3) is 3.25. The summed E-state index contributed by atoms with van der Waals surface area (Å²) in [5, 5.41) is 3.39. The molecule has 0 saturated heterocycles. The van der Waals surface area contributed by atoms with E-state index in [1.54, 1.807) is 12.1 Å². The molecular formula is C16H18FNO. The molecule has 0 bridgehead atoms. The highest BCUT2D eigenvalue weighted by atomic mass is 19.1. The van der Waals surface area contributed by atoms with Crippen LogP contribution in [0.1, 0.15) is 24.1 Å². The fourth-order valence-electron chi connectivity index (χ4n) is 2.01. The Hall–Kier alpha value is -2.03. The molecule has 0 aliphatic carbocycles. The molecule has 1 unspecified atom stereocenters. The van der Waals surface area contributed by atoms with Crippen molar-refractivity contribution in [2.24, 2.45) is 0 Å². The van der Waals surface area contributed by atoms with Gasteiger partial charge in [-0.2, -0.15) is 0 Å². The van der Waals surface area contributed by atoms with Crippen LogP contribution in [0.15, 0.2) is 42.5 Å². The quantitative estimate of drug-likeness (QED) is 0.883. The zero-order valence-electron chi connectivity index (χ0n) is 11.4. The van der Waals surface area contributed by atoms with E-state index in [4.69, 9.17) is 4.74 Å². The molecule has 1 N–H and O–H groups in total. The van der Waals surface area contributed by atoms with Gasteiger partial charge in [0, 0.05) is 11.7 Å². The summed E-state index contributed by atoms with van der Waals surface area (Å²) in [6.07, 6.45) is 0. The first kappa shape index (κ1) is 13.4. The van der Waals surface area contributed by atoms with Gasteiger partial charge in [0.05, 0.1) is 7.11 Å². The van der Waals surface area contributed by atoms with Gasteiger partial charge in [-0.3, -0.25) is 0 Å². The van der Waals surface area contributed by atoms with Crippen LogP contribution in [0.2, 0.25) is 0 Å². The van der Waals surface area contributed by atoms with Crippen molar-refractivity contribution in [2.75, 3.05) is 12.4 Å². The third-order valence-corrected chi connectivity index (χ3v) is 3.08. The summed E-state index contributed by atoms with van der Waals surface area (Å²) in [6, 6.07) is 13.2. The van der Waals surface area contributed by atoms with Crippen molar-refractivity contribution in [2.45, 2.75) is 19.9 Å². The molecule has 0 aromatic heterocycles. The highest BCUT2D eigenvalue weighted by Crippen LogP contribution is 2.25. The number of ether oxygens (including phenoxy) is 1. The monoisotopic (exact) mass is 259 g/mol. The summed E-state index contributed by atoms with van der Waals surface area (Å²) < 4.78 is 18.4. The molecule has 100 valence electrons. The molecule has 2 aromatic rings. The van der Waals surface area contributed by atoms with Gasteiger partial charge in [0.2, 0.25) is 0 Å². The smallest absolute Gasteiger partial charge is 0.165 e. The molecule has 1 atom stereocenters. The molecule has 19 heavy (non-hydrogen) atoms. The Labute approximate surface area is 113 Å². The molecule has 0 spiro atoms. The van der Waals surface area contributed by atoms with Gasteiger partial charge in [-0.25, -0.2) is 4.39 Å². The van der Waals surface area contributed by atoms with E-state index in [2.05, 4.69) is 24.4 Å². The second-order valence-electron chi connectivity index (χ2n) is 4.63. The standard InChI is InChI=1S/C16H18FNO/c1-11-5-4-6-14(9-11)18-12(2)13-7-8-15(17)16(10-13)19-3/h4-10,12,18H,1-3H3. The number of nitrogens with one attached hydrogen (secondary N) is 1. The minimum absolute atomic E-state index is 0.0799. The second-order valence-corrected chi connectivity index (χ2v) is 4.63. The van der Waals surface area contributed by atoms with E-state index in [1.165, 1.54) is 18.7 Å². The van der Waals surface area contributed by atoms with Crippen LogP contribution < -0.4 is 10.1 Å². The number of hydrogen-bond acceptors (Lipinski definition) is 2. The molecular weight excluding hydrogens is 241 g/mol. The summed E-state index contributed by atoms with van der Waals surface area (Å²) in [7, 11) is 1.47. The lowest BCUT2D eigenvalue weighted by molar-refractivity contribution is 0.385. The molecule has 0 amide bonds. The lowest BCUT2D eigenvalue weighted by atomic mass is 10.1. The minimum atomic E-state index is -0.339. The van der Waals surface area contributed by atoms with Crippen molar-refractivity contribution >= 4 is 5.69 Å². The number of anilines is 1. The summed E-state index contributed by atoms with van der Waals surface area (Å²) in [4.78, 5) is 0. The number of benzene rings is 2. The molecule has 0 heterocycles. The largest absolute Gasteiger partial charge is 0.494 e. The molecule has 0 saturated carbocycles. The van der Waals surface area contributed by atoms with Crippen LogP contribution in [0.3, 0.4) is 0 Å². The maximum atomic E-state index is 13.4. The van der Waals surface area contributed by atoms with Crippen LogP contribution in [0.4, 0.5) is 10.1 Å². The molecule has 2 rings (SSSR count). The van der Waals surface area contributed by atoms with Crippen LogP contribution >= 0.6 is 0 Å². The first-order chi connectivity index (χ1) is 9.10. The van der Waals surface area contributed by atoms with Crippen LogP contribution in [-0.4, -0.2) is 7.11 Å². The maximum absolute atomic E-state index is 13.4. The first-order valence-electron chi connectivity index (χ1n) is 6.27. The summed E-state index contributed by atoms with van der Waals surface area (Å²) in [6.45, 7) is 4.09. The van der Waals surface area contributed by atoms with Gasteiger partial charge in [0.1, 0.15) is 0 Å². The Bertz CT molecular complexity index is 568. The van der Waals surface area contributed by atoms with Gasteiger partial charge in [-0.15, -0.1) is 0 Å². The topological polar surface area (TPSA) is 21.3 Å². The molecule has 2 nitrogen and oxygen atoms in total. The lowest BCUT2D eigenvalue weighted by Crippen LogP contribution is -2.07. The number of aryl methyl sites for hydroxylation is 1. The predicted molar refractivity (Wildman–Crippen MR) is 76.2 cm³/mol. The van der Waals surface area contributed by atoms with E-state index in [9.17, 15) is 4.39 Å². The van der Waals surface area contributed by atoms with Gasteiger partial charge in [0.25, 0.3) is 0 Å². The van der Waals surface area contributed by atoms with Crippen LogP contribution in [0.25, 0.3) is 0 Å². The normalized spacial score (nSPS) is 12.0. The van der Waals surface area contributed by atoms with Crippen LogP contribution in [-0.2, 0) is 0 Å². The predicted octanol–water partition coefficient (Wildman–Crippen LogP) is 4.32. The number of halogens is 1. The summed E-state index contributed by atoms with van der Waals surface area (Å²) >= 11 is 0. The second kappa shape index (κ2) is 5.74. The fraction of sp³-hybridized carbons (Fsp3) is 0.250. The first-order valence-corrected chi connectivity index (χ1v) is 6.27. The van der Waals surface area contributed by atoms with Crippen molar-refractivity contribution in [3.63, 3.8) is 0 Å². The SMILES string of the molecule is COc1cc(C(C)Nc2cccc(C)c2)ccc1F. The van der Waals surface area contributed by atoms with Gasteiger partial charge >= 0.3 is 0 Å². The lowest BCUT2D eigenvalue weighted by Gasteiger charge is -2.17. The van der Waals surface area contributed by atoms with Crippen LogP contribution in [0, 0.1) is 12.7 Å². The maximum Gasteiger partial charge on any atom is 0.165 e. The van der Waals surface area contributed by atoms with E-state index < -0.39 is 0 Å². The zero-order valence-corrected chi connectivity index (χ0v) is 11.4. The van der Waals surface area contributed by atoms with Gasteiger partial charge in [-0.05, 0) is 49.2 Å². The van der Waals surface area contributed by atoms with E-state index in [-0.39, 0.29) is 17.6 Å². The fourth-order valence-corrected chi connectivity index (χ4v) is 2.01. The number of hydrogen-bond donors (Lipinski definition) is 1. The van der Waals surface area contributed by atoms with E-state index in [1.807, 2.05) is 19.1 Å². The van der Waals surface area contributed by atoms with Crippen molar-refractivity contribution in [1.82, 2.24) is 0 Å². The Balaban J connectivity index is 2.18.